The van der Waals surface area contributed by atoms with Gasteiger partial charge in [-0.15, -0.1) is 10.2 Å². The Bertz CT molecular complexity index is 356. The van der Waals surface area contributed by atoms with Crippen LogP contribution in [0.15, 0.2) is 0 Å². The number of rotatable bonds is 5. The van der Waals surface area contributed by atoms with Crippen LogP contribution in [-0.4, -0.2) is 40.8 Å². The van der Waals surface area contributed by atoms with Crippen molar-refractivity contribution in [3.05, 3.63) is 5.01 Å². The van der Waals surface area contributed by atoms with E-state index in [4.69, 9.17) is 0 Å². The molecule has 2 rings (SSSR count). The maximum Gasteiger partial charge on any atom is 0.205 e. The third kappa shape index (κ3) is 3.65. The normalized spacial score (nSPS) is 18.4. The highest BCUT2D eigenvalue weighted by atomic mass is 32.1. The van der Waals surface area contributed by atoms with Gasteiger partial charge in [0.15, 0.2) is 0 Å². The number of likely N-dealkylation sites (tertiary alicyclic amines) is 1. The van der Waals surface area contributed by atoms with Crippen molar-refractivity contribution in [2.45, 2.75) is 52.0 Å². The van der Waals surface area contributed by atoms with Crippen LogP contribution in [-0.2, 0) is 0 Å². The molecule has 18 heavy (non-hydrogen) atoms. The average Bonchev–Trinajstić information content (AvgIpc) is 2.81. The Morgan fingerprint density at radius 2 is 2.06 bits per heavy atom. The summed E-state index contributed by atoms with van der Waals surface area (Å²) in [6, 6.07) is 0.575. The van der Waals surface area contributed by atoms with Gasteiger partial charge in [-0.05, 0) is 25.8 Å². The van der Waals surface area contributed by atoms with Gasteiger partial charge in [-0.1, -0.05) is 32.1 Å². The molecule has 0 bridgehead atoms. The number of hydrogen-bond donors (Lipinski definition) is 1. The highest BCUT2D eigenvalue weighted by Crippen LogP contribution is 2.24. The molecular weight excluding hydrogens is 244 g/mol. The van der Waals surface area contributed by atoms with Crippen molar-refractivity contribution >= 4 is 16.5 Å². The fourth-order valence-corrected chi connectivity index (χ4v) is 3.14. The van der Waals surface area contributed by atoms with Crippen LogP contribution < -0.4 is 5.32 Å². The van der Waals surface area contributed by atoms with Gasteiger partial charge in [0.05, 0.1) is 0 Å². The van der Waals surface area contributed by atoms with E-state index in [-0.39, 0.29) is 0 Å². The molecule has 1 aliphatic rings. The van der Waals surface area contributed by atoms with Crippen molar-refractivity contribution in [1.29, 1.82) is 0 Å². The highest BCUT2D eigenvalue weighted by molar-refractivity contribution is 7.15. The zero-order valence-electron chi connectivity index (χ0n) is 11.6. The lowest BCUT2D eigenvalue weighted by molar-refractivity contribution is 0.219. The van der Waals surface area contributed by atoms with E-state index in [0.717, 1.165) is 10.1 Å². The minimum Gasteiger partial charge on any atom is -0.357 e. The van der Waals surface area contributed by atoms with Crippen LogP contribution in [0.4, 0.5) is 5.13 Å². The molecule has 1 aromatic heterocycles. The third-order valence-corrected chi connectivity index (χ3v) is 4.54. The number of anilines is 1. The Kier molecular flexibility index (Phi) is 4.95. The molecule has 1 saturated heterocycles. The first-order valence-electron chi connectivity index (χ1n) is 7.01. The van der Waals surface area contributed by atoms with E-state index in [2.05, 4.69) is 41.2 Å². The molecule has 0 aliphatic carbocycles. The molecule has 2 heterocycles. The smallest absolute Gasteiger partial charge is 0.205 e. The predicted molar refractivity (Wildman–Crippen MR) is 77.4 cm³/mol. The van der Waals surface area contributed by atoms with Gasteiger partial charge in [-0.3, -0.25) is 0 Å². The maximum absolute atomic E-state index is 4.23. The summed E-state index contributed by atoms with van der Waals surface area (Å²) in [6.07, 6.45) is 3.69. The zero-order chi connectivity index (χ0) is 13.0. The quantitative estimate of drug-likeness (QED) is 0.891. The molecule has 0 atom stereocenters. The maximum atomic E-state index is 4.23. The second-order valence-corrected chi connectivity index (χ2v) is 6.37. The summed E-state index contributed by atoms with van der Waals surface area (Å²) < 4.78 is 0. The van der Waals surface area contributed by atoms with Crippen LogP contribution >= 0.6 is 11.3 Å². The minimum atomic E-state index is 0.476. The van der Waals surface area contributed by atoms with Gasteiger partial charge in [0.1, 0.15) is 5.01 Å². The van der Waals surface area contributed by atoms with Crippen molar-refractivity contribution in [2.24, 2.45) is 0 Å². The molecular formula is C13H24N4S. The number of aromatic nitrogens is 2. The summed E-state index contributed by atoms with van der Waals surface area (Å²) in [7, 11) is 0. The molecule has 0 spiro atoms. The SMILES string of the molecule is CCCN1CCC(Nc2nnc(C(C)C)s2)CC1. The van der Waals surface area contributed by atoms with Crippen LogP contribution in [0.2, 0.25) is 0 Å². The summed E-state index contributed by atoms with van der Waals surface area (Å²) in [6.45, 7) is 10.2. The van der Waals surface area contributed by atoms with Gasteiger partial charge >= 0.3 is 0 Å². The van der Waals surface area contributed by atoms with E-state index in [1.165, 1.54) is 38.9 Å². The lowest BCUT2D eigenvalue weighted by atomic mass is 10.1. The van der Waals surface area contributed by atoms with E-state index in [0.29, 0.717) is 12.0 Å². The van der Waals surface area contributed by atoms with E-state index >= 15 is 0 Å². The molecule has 1 N–H and O–H groups in total. The summed E-state index contributed by atoms with van der Waals surface area (Å²) >= 11 is 1.70. The molecule has 0 aromatic carbocycles. The molecule has 1 fully saturated rings. The van der Waals surface area contributed by atoms with E-state index < -0.39 is 0 Å². The minimum absolute atomic E-state index is 0.476. The molecule has 4 nitrogen and oxygen atoms in total. The number of nitrogens with one attached hydrogen (secondary N) is 1. The van der Waals surface area contributed by atoms with Crippen LogP contribution in [0.5, 0.6) is 0 Å². The lowest BCUT2D eigenvalue weighted by Gasteiger charge is -2.31. The van der Waals surface area contributed by atoms with Gasteiger partial charge in [0.2, 0.25) is 5.13 Å². The first-order valence-corrected chi connectivity index (χ1v) is 7.83. The molecule has 0 amide bonds. The lowest BCUT2D eigenvalue weighted by Crippen LogP contribution is -2.39. The first-order chi connectivity index (χ1) is 8.69. The average molecular weight is 268 g/mol. The Labute approximate surface area is 114 Å². The molecule has 5 heteroatoms. The van der Waals surface area contributed by atoms with Gasteiger partial charge < -0.3 is 10.2 Å². The van der Waals surface area contributed by atoms with Gasteiger partial charge in [-0.2, -0.15) is 0 Å². The highest BCUT2D eigenvalue weighted by Gasteiger charge is 2.19. The second kappa shape index (κ2) is 6.48. The Balaban J connectivity index is 1.80. The number of piperidine rings is 1. The van der Waals surface area contributed by atoms with E-state index in [1.54, 1.807) is 11.3 Å². The van der Waals surface area contributed by atoms with Crippen molar-refractivity contribution < 1.29 is 0 Å². The molecule has 1 aliphatic heterocycles. The van der Waals surface area contributed by atoms with Crippen molar-refractivity contribution in [3.8, 4) is 0 Å². The number of hydrogen-bond acceptors (Lipinski definition) is 5. The second-order valence-electron chi connectivity index (χ2n) is 5.36. The van der Waals surface area contributed by atoms with E-state index in [9.17, 15) is 0 Å². The molecule has 102 valence electrons. The summed E-state index contributed by atoms with van der Waals surface area (Å²) in [5.41, 5.74) is 0. The molecule has 1 aromatic rings. The Morgan fingerprint density at radius 1 is 1.33 bits per heavy atom. The fourth-order valence-electron chi connectivity index (χ4n) is 2.32. The molecule has 0 radical (unpaired) electrons. The first kappa shape index (κ1) is 13.7. The molecule has 0 unspecified atom stereocenters. The van der Waals surface area contributed by atoms with Crippen molar-refractivity contribution in [2.75, 3.05) is 25.0 Å². The Hall–Kier alpha value is -0.680. The third-order valence-electron chi connectivity index (χ3n) is 3.39. The van der Waals surface area contributed by atoms with Gasteiger partial charge in [-0.25, -0.2) is 0 Å². The summed E-state index contributed by atoms with van der Waals surface area (Å²) in [5.74, 6) is 0.476. The summed E-state index contributed by atoms with van der Waals surface area (Å²) in [4.78, 5) is 2.55. The number of nitrogens with zero attached hydrogens (tertiary/aromatic N) is 3. The van der Waals surface area contributed by atoms with E-state index in [1.807, 2.05) is 0 Å². The van der Waals surface area contributed by atoms with Gasteiger partial charge in [0.25, 0.3) is 0 Å². The topological polar surface area (TPSA) is 41.0 Å². The van der Waals surface area contributed by atoms with Crippen LogP contribution in [0.3, 0.4) is 0 Å². The van der Waals surface area contributed by atoms with Crippen LogP contribution in [0.1, 0.15) is 51.0 Å². The van der Waals surface area contributed by atoms with Gasteiger partial charge in [0, 0.05) is 25.0 Å². The zero-order valence-corrected chi connectivity index (χ0v) is 12.5. The standard InChI is InChI=1S/C13H24N4S/c1-4-7-17-8-5-11(6-9-17)14-13-16-15-12(18-13)10(2)3/h10-11H,4-9H2,1-3H3,(H,14,16). The van der Waals surface area contributed by atoms with Crippen molar-refractivity contribution in [3.63, 3.8) is 0 Å². The van der Waals surface area contributed by atoms with Crippen LogP contribution in [0, 0.1) is 0 Å². The van der Waals surface area contributed by atoms with Crippen molar-refractivity contribution in [1.82, 2.24) is 15.1 Å². The monoisotopic (exact) mass is 268 g/mol. The fraction of sp³-hybridized carbons (Fsp3) is 0.846. The predicted octanol–water partition coefficient (Wildman–Crippen LogP) is 2.95. The largest absolute Gasteiger partial charge is 0.357 e. The molecule has 0 saturated carbocycles. The Morgan fingerprint density at radius 3 is 2.61 bits per heavy atom. The summed E-state index contributed by atoms with van der Waals surface area (Å²) in [5, 5.41) is 14.1. The van der Waals surface area contributed by atoms with Crippen LogP contribution in [0.25, 0.3) is 0 Å².